The Kier molecular flexibility index (Phi) is 3.29. The van der Waals surface area contributed by atoms with Gasteiger partial charge in [-0.25, -0.2) is 4.98 Å². The molecule has 0 saturated heterocycles. The molecule has 1 N–H and O–H groups in total. The van der Waals surface area contributed by atoms with Crippen molar-refractivity contribution in [3.63, 3.8) is 0 Å². The van der Waals surface area contributed by atoms with Crippen LogP contribution in [0.2, 0.25) is 0 Å². The topological polar surface area (TPSA) is 42.4 Å². The molecule has 19 heavy (non-hydrogen) atoms. The number of para-hydroxylation sites is 1. The summed E-state index contributed by atoms with van der Waals surface area (Å²) in [6, 6.07) is 8.16. The second-order valence-corrected chi connectivity index (χ2v) is 6.06. The van der Waals surface area contributed by atoms with Crippen LogP contribution in [0.25, 0.3) is 0 Å². The highest BCUT2D eigenvalue weighted by Crippen LogP contribution is 2.36. The molecule has 0 spiro atoms. The standard InChI is InChI=1S/C15H17NO2S/c1-9-14(10(2)17)19-15(16-9)12-7-11-5-3-4-6-13(11)18-8-12/h3-6,10,12,17H,7-8H2,1-2H3. The summed E-state index contributed by atoms with van der Waals surface area (Å²) < 4.78 is 5.80. The maximum atomic E-state index is 9.71. The Morgan fingerprint density at radius 3 is 2.95 bits per heavy atom. The summed E-state index contributed by atoms with van der Waals surface area (Å²) in [5.41, 5.74) is 2.18. The van der Waals surface area contributed by atoms with E-state index in [9.17, 15) is 5.11 Å². The van der Waals surface area contributed by atoms with Gasteiger partial charge in [-0.1, -0.05) is 18.2 Å². The van der Waals surface area contributed by atoms with Crippen molar-refractivity contribution < 1.29 is 9.84 Å². The van der Waals surface area contributed by atoms with E-state index < -0.39 is 6.10 Å². The third kappa shape index (κ3) is 2.38. The van der Waals surface area contributed by atoms with Crippen molar-refractivity contribution in [3.8, 4) is 5.75 Å². The zero-order valence-electron chi connectivity index (χ0n) is 11.1. The molecular formula is C15H17NO2S. The van der Waals surface area contributed by atoms with Gasteiger partial charge in [-0.05, 0) is 31.9 Å². The summed E-state index contributed by atoms with van der Waals surface area (Å²) in [5, 5.41) is 10.8. The van der Waals surface area contributed by atoms with E-state index in [0.29, 0.717) is 12.5 Å². The minimum absolute atomic E-state index is 0.297. The van der Waals surface area contributed by atoms with Crippen molar-refractivity contribution in [2.24, 2.45) is 0 Å². The molecule has 1 aromatic carbocycles. The molecule has 2 aromatic rings. The van der Waals surface area contributed by atoms with Crippen LogP contribution in [0.3, 0.4) is 0 Å². The Morgan fingerprint density at radius 1 is 1.42 bits per heavy atom. The predicted octanol–water partition coefficient (Wildman–Crippen LogP) is 3.22. The molecule has 1 aliphatic rings. The number of aliphatic hydroxyl groups excluding tert-OH is 1. The third-order valence-corrected chi connectivity index (χ3v) is 4.95. The predicted molar refractivity (Wildman–Crippen MR) is 75.9 cm³/mol. The number of rotatable bonds is 2. The molecule has 4 heteroatoms. The highest BCUT2D eigenvalue weighted by atomic mass is 32.1. The average molecular weight is 275 g/mol. The molecule has 2 atom stereocenters. The van der Waals surface area contributed by atoms with Crippen LogP contribution in [0, 0.1) is 6.92 Å². The second-order valence-electron chi connectivity index (χ2n) is 5.00. The first-order valence-electron chi connectivity index (χ1n) is 6.51. The monoisotopic (exact) mass is 275 g/mol. The summed E-state index contributed by atoms with van der Waals surface area (Å²) in [5.74, 6) is 1.29. The van der Waals surface area contributed by atoms with Gasteiger partial charge in [0, 0.05) is 5.92 Å². The molecule has 0 radical (unpaired) electrons. The van der Waals surface area contributed by atoms with Crippen LogP contribution in [0.4, 0.5) is 0 Å². The van der Waals surface area contributed by atoms with Crippen molar-refractivity contribution in [2.45, 2.75) is 32.3 Å². The number of hydrogen-bond acceptors (Lipinski definition) is 4. The van der Waals surface area contributed by atoms with Gasteiger partial charge in [-0.2, -0.15) is 0 Å². The molecule has 0 aliphatic carbocycles. The number of aromatic nitrogens is 1. The van der Waals surface area contributed by atoms with Gasteiger partial charge < -0.3 is 9.84 Å². The lowest BCUT2D eigenvalue weighted by atomic mass is 9.97. The molecule has 2 unspecified atom stereocenters. The van der Waals surface area contributed by atoms with Gasteiger partial charge in [0.05, 0.1) is 28.3 Å². The number of aliphatic hydroxyl groups is 1. The number of aryl methyl sites for hydroxylation is 1. The highest BCUT2D eigenvalue weighted by Gasteiger charge is 2.25. The Labute approximate surface area is 116 Å². The third-order valence-electron chi connectivity index (χ3n) is 3.46. The van der Waals surface area contributed by atoms with Crippen LogP contribution in [-0.4, -0.2) is 16.7 Å². The van der Waals surface area contributed by atoms with Crippen LogP contribution in [0.1, 0.15) is 40.1 Å². The quantitative estimate of drug-likeness (QED) is 0.915. The maximum Gasteiger partial charge on any atom is 0.122 e. The van der Waals surface area contributed by atoms with Crippen molar-refractivity contribution in [3.05, 3.63) is 45.4 Å². The Hall–Kier alpha value is -1.39. The summed E-state index contributed by atoms with van der Waals surface area (Å²) in [6.07, 6.45) is 0.519. The van der Waals surface area contributed by atoms with Crippen molar-refractivity contribution in [1.29, 1.82) is 0 Å². The molecule has 100 valence electrons. The fourth-order valence-electron chi connectivity index (χ4n) is 2.48. The zero-order chi connectivity index (χ0) is 13.4. The maximum absolute atomic E-state index is 9.71. The molecule has 3 nitrogen and oxygen atoms in total. The van der Waals surface area contributed by atoms with E-state index in [1.165, 1.54) is 5.56 Å². The van der Waals surface area contributed by atoms with Gasteiger partial charge in [0.15, 0.2) is 0 Å². The number of thiazole rings is 1. The molecule has 0 amide bonds. The summed E-state index contributed by atoms with van der Waals surface area (Å²) in [6.45, 7) is 4.42. The molecule has 3 rings (SSSR count). The normalized spacial score (nSPS) is 19.6. The van der Waals surface area contributed by atoms with Gasteiger partial charge in [-0.15, -0.1) is 11.3 Å². The van der Waals surface area contributed by atoms with Gasteiger partial charge in [0.25, 0.3) is 0 Å². The molecule has 1 aromatic heterocycles. The molecule has 0 saturated carbocycles. The van der Waals surface area contributed by atoms with E-state index in [-0.39, 0.29) is 0 Å². The minimum atomic E-state index is -0.442. The SMILES string of the molecule is Cc1nc(C2COc3ccccc3C2)sc1C(C)O. The first kappa shape index (κ1) is 12.6. The summed E-state index contributed by atoms with van der Waals surface area (Å²) in [7, 11) is 0. The Balaban J connectivity index is 1.87. The van der Waals surface area contributed by atoms with E-state index in [1.54, 1.807) is 18.3 Å². The number of nitrogens with zero attached hydrogens (tertiary/aromatic N) is 1. The fraction of sp³-hybridized carbons (Fsp3) is 0.400. The summed E-state index contributed by atoms with van der Waals surface area (Å²) in [4.78, 5) is 5.57. The number of hydrogen-bond donors (Lipinski definition) is 1. The van der Waals surface area contributed by atoms with Gasteiger partial charge in [0.2, 0.25) is 0 Å². The smallest absolute Gasteiger partial charge is 0.122 e. The number of ether oxygens (including phenoxy) is 1. The van der Waals surface area contributed by atoms with E-state index in [0.717, 1.165) is 27.7 Å². The van der Waals surface area contributed by atoms with Crippen LogP contribution in [0.5, 0.6) is 5.75 Å². The van der Waals surface area contributed by atoms with Gasteiger partial charge >= 0.3 is 0 Å². The van der Waals surface area contributed by atoms with Crippen molar-refractivity contribution >= 4 is 11.3 Å². The lowest BCUT2D eigenvalue weighted by Crippen LogP contribution is -2.18. The minimum Gasteiger partial charge on any atom is -0.493 e. The van der Waals surface area contributed by atoms with Crippen molar-refractivity contribution in [2.75, 3.05) is 6.61 Å². The molecule has 1 aliphatic heterocycles. The zero-order valence-corrected chi connectivity index (χ0v) is 11.9. The van der Waals surface area contributed by atoms with E-state index in [4.69, 9.17) is 4.74 Å². The average Bonchev–Trinajstić information content (AvgIpc) is 2.80. The second kappa shape index (κ2) is 4.94. The molecular weight excluding hydrogens is 258 g/mol. The van der Waals surface area contributed by atoms with E-state index in [2.05, 4.69) is 11.1 Å². The van der Waals surface area contributed by atoms with E-state index >= 15 is 0 Å². The fourth-order valence-corrected chi connectivity index (χ4v) is 3.57. The molecule has 2 heterocycles. The Morgan fingerprint density at radius 2 is 2.21 bits per heavy atom. The first-order chi connectivity index (χ1) is 9.15. The van der Waals surface area contributed by atoms with Crippen LogP contribution >= 0.6 is 11.3 Å². The number of fused-ring (bicyclic) bond motifs is 1. The van der Waals surface area contributed by atoms with Crippen LogP contribution in [0.15, 0.2) is 24.3 Å². The van der Waals surface area contributed by atoms with Crippen molar-refractivity contribution in [1.82, 2.24) is 4.98 Å². The first-order valence-corrected chi connectivity index (χ1v) is 7.33. The lowest BCUT2D eigenvalue weighted by Gasteiger charge is -2.23. The number of benzene rings is 1. The highest BCUT2D eigenvalue weighted by molar-refractivity contribution is 7.11. The van der Waals surface area contributed by atoms with Crippen LogP contribution < -0.4 is 4.74 Å². The molecule has 0 fully saturated rings. The van der Waals surface area contributed by atoms with Gasteiger partial charge in [0.1, 0.15) is 5.75 Å². The van der Waals surface area contributed by atoms with Gasteiger partial charge in [-0.3, -0.25) is 0 Å². The Bertz CT molecular complexity index is 592. The molecule has 0 bridgehead atoms. The lowest BCUT2D eigenvalue weighted by molar-refractivity contribution is 0.202. The van der Waals surface area contributed by atoms with Crippen LogP contribution in [-0.2, 0) is 6.42 Å². The summed E-state index contributed by atoms with van der Waals surface area (Å²) >= 11 is 1.61. The largest absolute Gasteiger partial charge is 0.493 e. The van der Waals surface area contributed by atoms with E-state index in [1.807, 2.05) is 25.1 Å².